The smallest absolute Gasteiger partial charge is 0.256 e. The minimum atomic E-state index is -0.699. The van der Waals surface area contributed by atoms with Gasteiger partial charge in [0.1, 0.15) is 11.6 Å². The summed E-state index contributed by atoms with van der Waals surface area (Å²) in [6.07, 6.45) is 3.49. The summed E-state index contributed by atoms with van der Waals surface area (Å²) < 4.78 is 27.5. The minimum Gasteiger partial charge on any atom is -0.338 e. The van der Waals surface area contributed by atoms with Crippen LogP contribution >= 0.6 is 0 Å². The number of hydrogen-bond donors (Lipinski definition) is 1. The van der Waals surface area contributed by atoms with Gasteiger partial charge in [-0.3, -0.25) is 9.89 Å². The molecule has 0 radical (unpaired) electrons. The molecule has 1 fully saturated rings. The van der Waals surface area contributed by atoms with Gasteiger partial charge in [-0.2, -0.15) is 5.10 Å². The Morgan fingerprint density at radius 2 is 2.07 bits per heavy atom. The first-order valence-electron chi connectivity index (χ1n) is 9.37. The summed E-state index contributed by atoms with van der Waals surface area (Å²) in [6.45, 7) is 3.01. The number of hydrogen-bond acceptors (Lipinski definition) is 2. The predicted molar refractivity (Wildman–Crippen MR) is 103 cm³/mol. The van der Waals surface area contributed by atoms with Gasteiger partial charge in [-0.25, -0.2) is 8.78 Å². The Bertz CT molecular complexity index is 1010. The summed E-state index contributed by atoms with van der Waals surface area (Å²) >= 11 is 0. The van der Waals surface area contributed by atoms with Gasteiger partial charge in [0, 0.05) is 30.3 Å². The average molecular weight is 381 g/mol. The van der Waals surface area contributed by atoms with Crippen molar-refractivity contribution in [3.63, 3.8) is 0 Å². The van der Waals surface area contributed by atoms with Crippen LogP contribution in [0.25, 0.3) is 11.1 Å². The Morgan fingerprint density at radius 1 is 1.21 bits per heavy atom. The molecule has 1 N–H and O–H groups in total. The van der Waals surface area contributed by atoms with Gasteiger partial charge in [0.2, 0.25) is 0 Å². The van der Waals surface area contributed by atoms with Crippen molar-refractivity contribution >= 4 is 5.91 Å². The van der Waals surface area contributed by atoms with E-state index in [1.807, 2.05) is 25.1 Å². The molecule has 1 aromatic heterocycles. The van der Waals surface area contributed by atoms with E-state index in [0.29, 0.717) is 13.1 Å². The van der Waals surface area contributed by atoms with Crippen LogP contribution in [0.3, 0.4) is 0 Å². The van der Waals surface area contributed by atoms with Gasteiger partial charge in [-0.1, -0.05) is 29.8 Å². The van der Waals surface area contributed by atoms with E-state index < -0.39 is 17.5 Å². The summed E-state index contributed by atoms with van der Waals surface area (Å²) in [5.41, 5.74) is 4.00. The number of piperidine rings is 1. The Balaban J connectivity index is 1.59. The zero-order valence-corrected chi connectivity index (χ0v) is 15.6. The fourth-order valence-electron chi connectivity index (χ4n) is 3.88. The lowest BCUT2D eigenvalue weighted by molar-refractivity contribution is 0.0700. The van der Waals surface area contributed by atoms with E-state index >= 15 is 0 Å². The van der Waals surface area contributed by atoms with E-state index in [0.717, 1.165) is 53.4 Å². The van der Waals surface area contributed by atoms with Gasteiger partial charge in [0.05, 0.1) is 11.8 Å². The van der Waals surface area contributed by atoms with Crippen LogP contribution in [0.2, 0.25) is 0 Å². The van der Waals surface area contributed by atoms with E-state index in [2.05, 4.69) is 16.3 Å². The molecule has 0 bridgehead atoms. The number of carbonyl (C=O) groups excluding carboxylic acids is 1. The van der Waals surface area contributed by atoms with Crippen LogP contribution in [0.5, 0.6) is 0 Å². The number of nitrogens with one attached hydrogen (secondary N) is 1. The molecule has 1 amide bonds. The lowest BCUT2D eigenvalue weighted by atomic mass is 9.90. The molecule has 6 heteroatoms. The second-order valence-corrected chi connectivity index (χ2v) is 7.28. The number of likely N-dealkylation sites (tertiary alicyclic amines) is 1. The number of benzene rings is 2. The SMILES string of the molecule is Cc1cccc(-c2cn[nH]c2[C@H]2CCCN(C(=O)c3cc(F)ccc3F)C2)c1. The summed E-state index contributed by atoms with van der Waals surface area (Å²) in [7, 11) is 0. The van der Waals surface area contributed by atoms with E-state index in [9.17, 15) is 13.6 Å². The van der Waals surface area contributed by atoms with Crippen LogP contribution in [-0.4, -0.2) is 34.1 Å². The van der Waals surface area contributed by atoms with Crippen molar-refractivity contribution in [2.24, 2.45) is 0 Å². The molecule has 144 valence electrons. The van der Waals surface area contributed by atoms with E-state index in [1.54, 1.807) is 11.1 Å². The quantitative estimate of drug-likeness (QED) is 0.716. The number of halogens is 2. The van der Waals surface area contributed by atoms with Crippen LogP contribution < -0.4 is 0 Å². The molecule has 1 atom stereocenters. The largest absolute Gasteiger partial charge is 0.338 e. The van der Waals surface area contributed by atoms with Crippen LogP contribution in [0.4, 0.5) is 8.78 Å². The van der Waals surface area contributed by atoms with Crippen LogP contribution in [0, 0.1) is 18.6 Å². The van der Waals surface area contributed by atoms with Crippen molar-refractivity contribution < 1.29 is 13.6 Å². The molecule has 2 aromatic carbocycles. The Hall–Kier alpha value is -3.02. The molecule has 28 heavy (non-hydrogen) atoms. The Kier molecular flexibility index (Phi) is 4.94. The Morgan fingerprint density at radius 3 is 2.89 bits per heavy atom. The zero-order chi connectivity index (χ0) is 19.7. The highest BCUT2D eigenvalue weighted by Crippen LogP contribution is 2.33. The number of H-pyrrole nitrogens is 1. The summed E-state index contributed by atoms with van der Waals surface area (Å²) in [6, 6.07) is 11.2. The average Bonchev–Trinajstić information content (AvgIpc) is 3.19. The monoisotopic (exact) mass is 381 g/mol. The van der Waals surface area contributed by atoms with Crippen LogP contribution in [0.1, 0.15) is 40.4 Å². The van der Waals surface area contributed by atoms with Crippen molar-refractivity contribution in [3.8, 4) is 11.1 Å². The zero-order valence-electron chi connectivity index (χ0n) is 15.6. The van der Waals surface area contributed by atoms with Crippen molar-refractivity contribution in [3.05, 3.63) is 77.1 Å². The van der Waals surface area contributed by atoms with E-state index in [4.69, 9.17) is 0 Å². The topological polar surface area (TPSA) is 49.0 Å². The highest BCUT2D eigenvalue weighted by Gasteiger charge is 2.29. The number of aromatic amines is 1. The normalized spacial score (nSPS) is 17.0. The molecular formula is C22H21F2N3O. The molecule has 0 spiro atoms. The molecule has 1 aliphatic rings. The molecule has 0 unspecified atom stereocenters. The highest BCUT2D eigenvalue weighted by molar-refractivity contribution is 5.94. The molecule has 2 heterocycles. The number of aromatic nitrogens is 2. The molecule has 3 aromatic rings. The first-order chi connectivity index (χ1) is 13.5. The maximum atomic E-state index is 14.0. The molecule has 4 rings (SSSR count). The van der Waals surface area contributed by atoms with Crippen molar-refractivity contribution in [1.82, 2.24) is 15.1 Å². The molecule has 0 aliphatic carbocycles. The molecule has 1 aliphatic heterocycles. The Labute approximate surface area is 162 Å². The fraction of sp³-hybridized carbons (Fsp3) is 0.273. The second-order valence-electron chi connectivity index (χ2n) is 7.28. The third-order valence-corrected chi connectivity index (χ3v) is 5.27. The van der Waals surface area contributed by atoms with Gasteiger partial charge in [0.25, 0.3) is 5.91 Å². The van der Waals surface area contributed by atoms with Crippen molar-refractivity contribution in [2.45, 2.75) is 25.7 Å². The highest BCUT2D eigenvalue weighted by atomic mass is 19.1. The maximum Gasteiger partial charge on any atom is 0.256 e. The molecule has 0 saturated carbocycles. The van der Waals surface area contributed by atoms with Gasteiger partial charge in [-0.05, 0) is 43.5 Å². The number of aryl methyl sites for hydroxylation is 1. The summed E-state index contributed by atoms with van der Waals surface area (Å²) in [5.74, 6) is -1.73. The van der Waals surface area contributed by atoms with Gasteiger partial charge < -0.3 is 4.90 Å². The second kappa shape index (κ2) is 7.54. The number of rotatable bonds is 3. The lowest BCUT2D eigenvalue weighted by Gasteiger charge is -2.33. The summed E-state index contributed by atoms with van der Waals surface area (Å²) in [4.78, 5) is 14.4. The molecule has 1 saturated heterocycles. The number of nitrogens with zero attached hydrogens (tertiary/aromatic N) is 2. The van der Waals surface area contributed by atoms with Gasteiger partial charge >= 0.3 is 0 Å². The molecule has 4 nitrogen and oxygen atoms in total. The van der Waals surface area contributed by atoms with E-state index in [-0.39, 0.29) is 11.5 Å². The fourth-order valence-corrected chi connectivity index (χ4v) is 3.88. The lowest BCUT2D eigenvalue weighted by Crippen LogP contribution is -2.39. The molecular weight excluding hydrogens is 360 g/mol. The van der Waals surface area contributed by atoms with Crippen molar-refractivity contribution in [2.75, 3.05) is 13.1 Å². The van der Waals surface area contributed by atoms with Crippen molar-refractivity contribution in [1.29, 1.82) is 0 Å². The van der Waals surface area contributed by atoms with Crippen LogP contribution in [-0.2, 0) is 0 Å². The number of amides is 1. The third-order valence-electron chi connectivity index (χ3n) is 5.27. The predicted octanol–water partition coefficient (Wildman–Crippen LogP) is 4.68. The first-order valence-corrected chi connectivity index (χ1v) is 9.37. The van der Waals surface area contributed by atoms with Crippen LogP contribution in [0.15, 0.2) is 48.7 Å². The summed E-state index contributed by atoms with van der Waals surface area (Å²) in [5, 5.41) is 7.31. The van der Waals surface area contributed by atoms with E-state index in [1.165, 1.54) is 0 Å². The number of carbonyl (C=O) groups is 1. The first kappa shape index (κ1) is 18.3. The maximum absolute atomic E-state index is 14.0. The van der Waals surface area contributed by atoms with Gasteiger partial charge in [0.15, 0.2) is 0 Å². The third kappa shape index (κ3) is 3.54. The van der Waals surface area contributed by atoms with Gasteiger partial charge in [-0.15, -0.1) is 0 Å². The standard InChI is InChI=1S/C22H21F2N3O/c1-14-4-2-5-15(10-14)19-12-25-26-21(19)16-6-3-9-27(13-16)22(28)18-11-17(23)7-8-20(18)24/h2,4-5,7-8,10-12,16H,3,6,9,13H2,1H3,(H,25,26)/t16-/m0/s1. The minimum absolute atomic E-state index is 0.0623.